The molecule has 0 spiro atoms. The Balaban J connectivity index is 3.10. The quantitative estimate of drug-likeness (QED) is 0.514. The Kier molecular flexibility index (Phi) is 10.1. The average Bonchev–Trinajstić information content (AvgIpc) is 2.63. The first kappa shape index (κ1) is 25.4. The molecule has 0 aromatic carbocycles. The summed E-state index contributed by atoms with van der Waals surface area (Å²) in [6.07, 6.45) is 3.06. The molecule has 1 aromatic heterocycles. The fourth-order valence-corrected chi connectivity index (χ4v) is 4.41. The number of pyridine rings is 1. The largest absolute Gasteiger partial charge is 0.341 e. The second-order valence-corrected chi connectivity index (χ2v) is 10.1. The molecule has 0 saturated heterocycles. The van der Waals surface area contributed by atoms with E-state index in [4.69, 9.17) is 0 Å². The van der Waals surface area contributed by atoms with Crippen LogP contribution in [-0.2, 0) is 21.4 Å². The standard InChI is InChI=1S/C21H37N3O4S/c1-7-24(8-2)29(27,28)19-9-10-20(25)23(15-19)16-21(26)22(13-11-17(3)4)14-12-18(5)6/h9-10,15,17-18H,7-8,11-14,16H2,1-6H3. The van der Waals surface area contributed by atoms with Crippen LogP contribution in [-0.4, -0.2) is 54.3 Å². The van der Waals surface area contributed by atoms with Crippen molar-refractivity contribution in [3.63, 3.8) is 0 Å². The fraction of sp³-hybridized carbons (Fsp3) is 0.714. The van der Waals surface area contributed by atoms with Crippen LogP contribution in [0.3, 0.4) is 0 Å². The monoisotopic (exact) mass is 427 g/mol. The van der Waals surface area contributed by atoms with Gasteiger partial charge >= 0.3 is 0 Å². The van der Waals surface area contributed by atoms with Gasteiger partial charge in [-0.15, -0.1) is 0 Å². The van der Waals surface area contributed by atoms with Gasteiger partial charge in [0.15, 0.2) is 0 Å². The van der Waals surface area contributed by atoms with Crippen LogP contribution >= 0.6 is 0 Å². The zero-order valence-corrected chi connectivity index (χ0v) is 19.5. The molecule has 0 radical (unpaired) electrons. The minimum absolute atomic E-state index is 0.0320. The van der Waals surface area contributed by atoms with Crippen molar-refractivity contribution in [1.29, 1.82) is 0 Å². The molecule has 1 aromatic rings. The van der Waals surface area contributed by atoms with Crippen molar-refractivity contribution in [2.24, 2.45) is 11.8 Å². The topological polar surface area (TPSA) is 79.7 Å². The SMILES string of the molecule is CCN(CC)S(=O)(=O)c1ccc(=O)n(CC(=O)N(CCC(C)C)CCC(C)C)c1. The summed E-state index contributed by atoms with van der Waals surface area (Å²) in [5.74, 6) is 0.773. The molecule has 0 atom stereocenters. The Morgan fingerprint density at radius 3 is 1.97 bits per heavy atom. The summed E-state index contributed by atoms with van der Waals surface area (Å²) >= 11 is 0. The number of carbonyl (C=O) groups excluding carboxylic acids is 1. The van der Waals surface area contributed by atoms with Crippen molar-refractivity contribution in [3.05, 3.63) is 28.7 Å². The van der Waals surface area contributed by atoms with Crippen molar-refractivity contribution >= 4 is 15.9 Å². The normalized spacial score (nSPS) is 12.2. The zero-order valence-electron chi connectivity index (χ0n) is 18.7. The van der Waals surface area contributed by atoms with Crippen LogP contribution in [0.15, 0.2) is 28.0 Å². The van der Waals surface area contributed by atoms with Crippen LogP contribution in [0.2, 0.25) is 0 Å². The lowest BCUT2D eigenvalue weighted by molar-refractivity contribution is -0.132. The summed E-state index contributed by atoms with van der Waals surface area (Å²) in [5.41, 5.74) is -0.385. The predicted molar refractivity (Wildman–Crippen MR) is 116 cm³/mol. The molecule has 0 aliphatic heterocycles. The molecule has 1 amide bonds. The first-order chi connectivity index (χ1) is 13.5. The van der Waals surface area contributed by atoms with Crippen molar-refractivity contribution < 1.29 is 13.2 Å². The fourth-order valence-electron chi connectivity index (χ4n) is 2.93. The van der Waals surface area contributed by atoms with Crippen LogP contribution in [0.4, 0.5) is 0 Å². The van der Waals surface area contributed by atoms with E-state index in [1.165, 1.54) is 27.2 Å². The molecule has 0 aliphatic carbocycles. The van der Waals surface area contributed by atoms with Gasteiger partial charge in [0.1, 0.15) is 6.54 Å². The van der Waals surface area contributed by atoms with E-state index in [1.807, 2.05) is 0 Å². The van der Waals surface area contributed by atoms with Crippen molar-refractivity contribution in [3.8, 4) is 0 Å². The number of carbonyl (C=O) groups is 1. The van der Waals surface area contributed by atoms with E-state index in [1.54, 1.807) is 18.7 Å². The molecule has 1 heterocycles. The van der Waals surface area contributed by atoms with Gasteiger partial charge in [-0.1, -0.05) is 41.5 Å². The molecular weight excluding hydrogens is 390 g/mol. The number of hydrogen-bond donors (Lipinski definition) is 0. The molecule has 8 heteroatoms. The van der Waals surface area contributed by atoms with Crippen molar-refractivity contribution in [1.82, 2.24) is 13.8 Å². The number of hydrogen-bond acceptors (Lipinski definition) is 4. The first-order valence-electron chi connectivity index (χ1n) is 10.5. The van der Waals surface area contributed by atoms with E-state index in [0.29, 0.717) is 38.0 Å². The maximum atomic E-state index is 12.9. The average molecular weight is 428 g/mol. The number of amides is 1. The number of aromatic nitrogens is 1. The Morgan fingerprint density at radius 2 is 1.52 bits per heavy atom. The first-order valence-corrected chi connectivity index (χ1v) is 11.9. The van der Waals surface area contributed by atoms with E-state index in [9.17, 15) is 18.0 Å². The van der Waals surface area contributed by atoms with E-state index >= 15 is 0 Å². The maximum absolute atomic E-state index is 12.9. The van der Waals surface area contributed by atoms with Gasteiger partial charge < -0.3 is 9.47 Å². The van der Waals surface area contributed by atoms with Gasteiger partial charge in [-0.25, -0.2) is 8.42 Å². The van der Waals surface area contributed by atoms with Gasteiger partial charge in [-0.2, -0.15) is 4.31 Å². The van der Waals surface area contributed by atoms with Gasteiger partial charge in [0.25, 0.3) is 5.56 Å². The second kappa shape index (κ2) is 11.5. The Morgan fingerprint density at radius 1 is 1.00 bits per heavy atom. The van der Waals surface area contributed by atoms with Gasteiger partial charge in [0, 0.05) is 38.4 Å². The molecule has 29 heavy (non-hydrogen) atoms. The van der Waals surface area contributed by atoms with Crippen LogP contribution in [0, 0.1) is 11.8 Å². The van der Waals surface area contributed by atoms with Gasteiger partial charge in [-0.05, 0) is 30.7 Å². The molecular formula is C21H37N3O4S. The van der Waals surface area contributed by atoms with Crippen molar-refractivity contribution in [2.75, 3.05) is 26.2 Å². The lowest BCUT2D eigenvalue weighted by atomic mass is 10.1. The summed E-state index contributed by atoms with van der Waals surface area (Å²) in [6.45, 7) is 13.8. The van der Waals surface area contributed by atoms with Crippen molar-refractivity contribution in [2.45, 2.75) is 65.8 Å². The van der Waals surface area contributed by atoms with Crippen LogP contribution in [0.1, 0.15) is 54.4 Å². The van der Waals surface area contributed by atoms with E-state index in [-0.39, 0.29) is 22.9 Å². The zero-order chi connectivity index (χ0) is 22.2. The lowest BCUT2D eigenvalue weighted by Gasteiger charge is -2.25. The highest BCUT2D eigenvalue weighted by Crippen LogP contribution is 2.14. The molecule has 7 nitrogen and oxygen atoms in total. The molecule has 0 saturated carbocycles. The molecule has 0 fully saturated rings. The maximum Gasteiger partial charge on any atom is 0.251 e. The molecule has 0 unspecified atom stereocenters. The third kappa shape index (κ3) is 7.59. The summed E-state index contributed by atoms with van der Waals surface area (Å²) in [4.78, 5) is 27.0. The van der Waals surface area contributed by atoms with E-state index < -0.39 is 10.0 Å². The smallest absolute Gasteiger partial charge is 0.251 e. The van der Waals surface area contributed by atoms with Crippen LogP contribution in [0.25, 0.3) is 0 Å². The highest BCUT2D eigenvalue weighted by molar-refractivity contribution is 7.89. The summed E-state index contributed by atoms with van der Waals surface area (Å²) in [7, 11) is -3.69. The molecule has 0 N–H and O–H groups in total. The number of nitrogens with zero attached hydrogens (tertiary/aromatic N) is 3. The highest BCUT2D eigenvalue weighted by Gasteiger charge is 2.23. The molecule has 166 valence electrons. The summed E-state index contributed by atoms with van der Waals surface area (Å²) < 4.78 is 28.0. The molecule has 0 bridgehead atoms. The Labute approximate surface area is 175 Å². The van der Waals surface area contributed by atoms with Crippen LogP contribution < -0.4 is 5.56 Å². The van der Waals surface area contributed by atoms with Gasteiger partial charge in [0.05, 0.1) is 4.90 Å². The second-order valence-electron chi connectivity index (χ2n) is 8.17. The van der Waals surface area contributed by atoms with E-state index in [0.717, 1.165) is 12.8 Å². The van der Waals surface area contributed by atoms with E-state index in [2.05, 4.69) is 27.7 Å². The Hall–Kier alpha value is -1.67. The number of sulfonamides is 1. The predicted octanol–water partition coefficient (Wildman–Crippen LogP) is 2.80. The van der Waals surface area contributed by atoms with Gasteiger partial charge in [-0.3, -0.25) is 9.59 Å². The third-order valence-corrected chi connectivity index (χ3v) is 6.94. The summed E-state index contributed by atoms with van der Waals surface area (Å²) in [6, 6.07) is 2.53. The number of rotatable bonds is 12. The Bertz CT molecular complexity index is 799. The molecule has 0 aliphatic rings. The summed E-state index contributed by atoms with van der Waals surface area (Å²) in [5, 5.41) is 0. The third-order valence-electron chi connectivity index (χ3n) is 4.91. The van der Waals surface area contributed by atoms with Gasteiger partial charge in [0.2, 0.25) is 15.9 Å². The highest BCUT2D eigenvalue weighted by atomic mass is 32.2. The minimum Gasteiger partial charge on any atom is -0.341 e. The molecule has 1 rings (SSSR count). The lowest BCUT2D eigenvalue weighted by Crippen LogP contribution is -2.39. The minimum atomic E-state index is -3.69. The van der Waals surface area contributed by atoms with Crippen LogP contribution in [0.5, 0.6) is 0 Å².